The van der Waals surface area contributed by atoms with Gasteiger partial charge in [-0.15, -0.1) is 0 Å². The highest BCUT2D eigenvalue weighted by Crippen LogP contribution is 2.29. The zero-order chi connectivity index (χ0) is 21.4. The second-order valence-electron chi connectivity index (χ2n) is 8.52. The first kappa shape index (κ1) is 19.6. The number of amides is 1. The molecule has 0 bridgehead atoms. The van der Waals surface area contributed by atoms with E-state index in [1.54, 1.807) is 0 Å². The summed E-state index contributed by atoms with van der Waals surface area (Å²) in [6.07, 6.45) is 1.59. The van der Waals surface area contributed by atoms with Crippen LogP contribution in [-0.2, 0) is 24.2 Å². The smallest absolute Gasteiger partial charge is 0.259 e. The molecule has 5 rings (SSSR count). The van der Waals surface area contributed by atoms with E-state index in [2.05, 4.69) is 67.3 Å². The Morgan fingerprint density at radius 1 is 0.903 bits per heavy atom. The fraction of sp³-hybridized carbons (Fsp3) is 0.259. The number of nitrogens with zero attached hydrogens (tertiary/aromatic N) is 3. The predicted molar refractivity (Wildman–Crippen MR) is 125 cm³/mol. The number of aryl methyl sites for hydroxylation is 2. The lowest BCUT2D eigenvalue weighted by Gasteiger charge is -2.33. The minimum atomic E-state index is -0.392. The Morgan fingerprint density at radius 2 is 1.65 bits per heavy atom. The Kier molecular flexibility index (Phi) is 5.06. The lowest BCUT2D eigenvalue weighted by atomic mass is 10.0. The molecule has 1 amide bonds. The Labute approximate surface area is 183 Å². The number of carbonyl (C=O) groups excluding carboxylic acids is 1. The molecule has 0 fully saturated rings. The molecule has 4 heteroatoms. The highest BCUT2D eigenvalue weighted by atomic mass is 16.2. The van der Waals surface area contributed by atoms with Gasteiger partial charge in [0.2, 0.25) is 5.96 Å². The van der Waals surface area contributed by atoms with Crippen LogP contribution in [0, 0.1) is 13.8 Å². The Balaban J connectivity index is 1.51. The van der Waals surface area contributed by atoms with Crippen molar-refractivity contribution in [1.29, 1.82) is 0 Å². The van der Waals surface area contributed by atoms with E-state index in [1.807, 2.05) is 29.2 Å². The molecule has 0 aliphatic carbocycles. The van der Waals surface area contributed by atoms with Crippen molar-refractivity contribution in [3.8, 4) is 0 Å². The molecule has 1 atom stereocenters. The Hall–Kier alpha value is -3.40. The van der Waals surface area contributed by atoms with Gasteiger partial charge in [0.15, 0.2) is 0 Å². The van der Waals surface area contributed by atoms with Crippen molar-refractivity contribution in [3.05, 3.63) is 101 Å². The normalized spacial score (nSPS) is 18.2. The van der Waals surface area contributed by atoms with Gasteiger partial charge >= 0.3 is 0 Å². The zero-order valence-electron chi connectivity index (χ0n) is 18.1. The molecule has 0 saturated carbocycles. The molecule has 0 spiro atoms. The molecule has 0 radical (unpaired) electrons. The summed E-state index contributed by atoms with van der Waals surface area (Å²) in [6.45, 7) is 5.83. The van der Waals surface area contributed by atoms with Gasteiger partial charge in [-0.25, -0.2) is 9.89 Å². The third-order valence-electron chi connectivity index (χ3n) is 6.41. The van der Waals surface area contributed by atoms with Gasteiger partial charge in [-0.3, -0.25) is 4.79 Å². The molecule has 3 aromatic carbocycles. The summed E-state index contributed by atoms with van der Waals surface area (Å²) in [4.78, 5) is 22.7. The van der Waals surface area contributed by atoms with E-state index in [0.29, 0.717) is 6.42 Å². The van der Waals surface area contributed by atoms with Gasteiger partial charge in [0, 0.05) is 19.5 Å². The van der Waals surface area contributed by atoms with Crippen molar-refractivity contribution in [3.63, 3.8) is 0 Å². The largest absolute Gasteiger partial charge is 0.337 e. The van der Waals surface area contributed by atoms with Crippen LogP contribution in [0.3, 0.4) is 0 Å². The third kappa shape index (κ3) is 3.74. The molecule has 2 aliphatic rings. The van der Waals surface area contributed by atoms with Crippen molar-refractivity contribution in [1.82, 2.24) is 4.90 Å². The van der Waals surface area contributed by atoms with Gasteiger partial charge in [0.1, 0.15) is 6.04 Å². The van der Waals surface area contributed by atoms with Crippen LogP contribution in [-0.4, -0.2) is 29.4 Å². The maximum absolute atomic E-state index is 13.6. The predicted octanol–water partition coefficient (Wildman–Crippen LogP) is 4.68. The second kappa shape index (κ2) is 8.03. The molecule has 0 aromatic heterocycles. The van der Waals surface area contributed by atoms with E-state index in [9.17, 15) is 4.79 Å². The summed E-state index contributed by atoms with van der Waals surface area (Å²) in [5, 5.41) is 0. The summed E-state index contributed by atoms with van der Waals surface area (Å²) < 4.78 is 0. The molecular formula is C27H27N3O. The Morgan fingerprint density at radius 3 is 2.42 bits per heavy atom. The van der Waals surface area contributed by atoms with Crippen LogP contribution in [0.2, 0.25) is 0 Å². The van der Waals surface area contributed by atoms with E-state index in [4.69, 9.17) is 4.99 Å². The van der Waals surface area contributed by atoms with Crippen LogP contribution in [0.5, 0.6) is 0 Å². The van der Waals surface area contributed by atoms with Crippen LogP contribution >= 0.6 is 0 Å². The monoisotopic (exact) mass is 409 g/mol. The van der Waals surface area contributed by atoms with Gasteiger partial charge in [-0.05, 0) is 60.2 Å². The van der Waals surface area contributed by atoms with Crippen LogP contribution in [0.25, 0.3) is 0 Å². The lowest BCUT2D eigenvalue weighted by molar-refractivity contribution is -0.118. The zero-order valence-corrected chi connectivity index (χ0v) is 18.1. The first-order chi connectivity index (χ1) is 15.1. The quantitative estimate of drug-likeness (QED) is 0.630. The molecule has 4 nitrogen and oxygen atoms in total. The molecule has 1 unspecified atom stereocenters. The highest BCUT2D eigenvalue weighted by molar-refractivity contribution is 6.22. The van der Waals surface area contributed by atoms with Crippen molar-refractivity contribution in [2.24, 2.45) is 4.99 Å². The maximum atomic E-state index is 13.6. The number of carbonyl (C=O) groups is 1. The van der Waals surface area contributed by atoms with Crippen LogP contribution < -0.4 is 4.90 Å². The number of anilines is 1. The molecule has 156 valence electrons. The Bertz CT molecular complexity index is 1150. The minimum absolute atomic E-state index is 0.0564. The van der Waals surface area contributed by atoms with Crippen molar-refractivity contribution in [2.75, 3.05) is 11.4 Å². The van der Waals surface area contributed by atoms with Crippen LogP contribution in [0.4, 0.5) is 5.69 Å². The summed E-state index contributed by atoms with van der Waals surface area (Å²) in [5.74, 6) is 0.838. The molecule has 2 aliphatic heterocycles. The molecular weight excluding hydrogens is 382 g/mol. The van der Waals surface area contributed by atoms with E-state index < -0.39 is 6.04 Å². The van der Waals surface area contributed by atoms with E-state index >= 15 is 0 Å². The number of rotatable bonds is 3. The number of fused-ring (bicyclic) bond motifs is 1. The van der Waals surface area contributed by atoms with Gasteiger partial charge in [0.25, 0.3) is 5.91 Å². The summed E-state index contributed by atoms with van der Waals surface area (Å²) in [6, 6.07) is 24.6. The molecule has 0 saturated heterocycles. The first-order valence-electron chi connectivity index (χ1n) is 10.9. The number of hydrogen-bond acceptors (Lipinski definition) is 3. The van der Waals surface area contributed by atoms with Crippen molar-refractivity contribution >= 4 is 17.6 Å². The van der Waals surface area contributed by atoms with E-state index in [1.165, 1.54) is 22.3 Å². The van der Waals surface area contributed by atoms with E-state index in [0.717, 1.165) is 36.7 Å². The summed E-state index contributed by atoms with van der Waals surface area (Å²) >= 11 is 0. The van der Waals surface area contributed by atoms with Crippen LogP contribution in [0.15, 0.2) is 77.8 Å². The number of aliphatic imine (C=N–C) groups is 1. The van der Waals surface area contributed by atoms with Gasteiger partial charge in [-0.1, -0.05) is 60.7 Å². The molecule has 2 heterocycles. The highest BCUT2D eigenvalue weighted by Gasteiger charge is 2.39. The summed E-state index contributed by atoms with van der Waals surface area (Å²) in [7, 11) is 0. The molecule has 3 aromatic rings. The standard InChI is InChI=1S/C27H27N3O/c1-19-12-13-24(16-20(19)2)30-26(31)25(17-21-8-4-3-5-9-21)28-27(30)29-15-14-22-10-6-7-11-23(22)18-29/h3-13,16,25H,14-15,17-18H2,1-2H3. The summed E-state index contributed by atoms with van der Waals surface area (Å²) in [5.41, 5.74) is 7.15. The topological polar surface area (TPSA) is 35.9 Å². The van der Waals surface area contributed by atoms with Crippen molar-refractivity contribution in [2.45, 2.75) is 39.3 Å². The fourth-order valence-corrected chi connectivity index (χ4v) is 4.47. The van der Waals surface area contributed by atoms with E-state index in [-0.39, 0.29) is 5.91 Å². The number of hydrogen-bond donors (Lipinski definition) is 0. The third-order valence-corrected chi connectivity index (χ3v) is 6.41. The average Bonchev–Trinajstić information content (AvgIpc) is 3.12. The van der Waals surface area contributed by atoms with Gasteiger partial charge in [0.05, 0.1) is 5.69 Å². The van der Waals surface area contributed by atoms with Crippen molar-refractivity contribution < 1.29 is 4.79 Å². The van der Waals surface area contributed by atoms with Gasteiger partial charge < -0.3 is 4.90 Å². The first-order valence-corrected chi connectivity index (χ1v) is 10.9. The SMILES string of the molecule is Cc1ccc(N2C(=O)C(Cc3ccccc3)N=C2N2CCc3ccccc3C2)cc1C. The number of guanidine groups is 1. The van der Waals surface area contributed by atoms with Crippen LogP contribution in [0.1, 0.15) is 27.8 Å². The molecule has 0 N–H and O–H groups in total. The maximum Gasteiger partial charge on any atom is 0.259 e. The minimum Gasteiger partial charge on any atom is -0.337 e. The second-order valence-corrected chi connectivity index (χ2v) is 8.52. The lowest BCUT2D eigenvalue weighted by Crippen LogP contribution is -2.46. The number of benzene rings is 3. The molecule has 31 heavy (non-hydrogen) atoms. The average molecular weight is 410 g/mol. The fourth-order valence-electron chi connectivity index (χ4n) is 4.47. The van der Waals surface area contributed by atoms with Gasteiger partial charge in [-0.2, -0.15) is 0 Å².